The van der Waals surface area contributed by atoms with E-state index in [0.29, 0.717) is 0 Å². The van der Waals surface area contributed by atoms with Gasteiger partial charge in [-0.2, -0.15) is 0 Å². The fourth-order valence-corrected chi connectivity index (χ4v) is 4.32. The molecule has 0 bridgehead atoms. The second-order valence-corrected chi connectivity index (χ2v) is 7.99. The van der Waals surface area contributed by atoms with Gasteiger partial charge in [0.2, 0.25) is 11.8 Å². The van der Waals surface area contributed by atoms with Gasteiger partial charge in [0.15, 0.2) is 0 Å². The van der Waals surface area contributed by atoms with Crippen LogP contribution in [0, 0.1) is 6.92 Å². The molecule has 4 rings (SSSR count). The molecular formula is C21H21N3O3S. The minimum atomic E-state index is -0.836. The van der Waals surface area contributed by atoms with Crippen molar-refractivity contribution >= 4 is 39.1 Å². The van der Waals surface area contributed by atoms with Crippen molar-refractivity contribution in [2.24, 2.45) is 0 Å². The van der Waals surface area contributed by atoms with Crippen LogP contribution < -0.4 is 5.32 Å². The molecule has 0 saturated carbocycles. The molecule has 1 unspecified atom stereocenters. The summed E-state index contributed by atoms with van der Waals surface area (Å²) in [6.07, 6.45) is -0.00158. The first-order valence-corrected chi connectivity index (χ1v) is 10.1. The summed E-state index contributed by atoms with van der Waals surface area (Å²) in [6.45, 7) is 2.30. The Morgan fingerprint density at radius 1 is 1.14 bits per heavy atom. The van der Waals surface area contributed by atoms with E-state index in [9.17, 15) is 14.7 Å². The molecule has 1 aliphatic heterocycles. The number of hydrogen-bond donors (Lipinski definition) is 2. The Balaban J connectivity index is 1.38. The molecule has 2 amide bonds. The molecule has 1 atom stereocenters. The maximum atomic E-state index is 11.6. The number of anilines is 1. The number of nitrogens with zero attached hydrogens (tertiary/aromatic N) is 2. The molecule has 1 fully saturated rings. The second kappa shape index (κ2) is 7.69. The number of carbonyl (C=O) groups is 2. The van der Waals surface area contributed by atoms with Gasteiger partial charge in [0.05, 0.1) is 10.2 Å². The SMILES string of the molecule is Cc1ccc2nc(-c3ccc(NC(O)CCN4C(=O)CCC4=O)cc3)sc2c1. The largest absolute Gasteiger partial charge is 0.374 e. The Kier molecular flexibility index (Phi) is 5.11. The van der Waals surface area contributed by atoms with E-state index in [-0.39, 0.29) is 37.6 Å². The van der Waals surface area contributed by atoms with E-state index in [4.69, 9.17) is 0 Å². The number of fused-ring (bicyclic) bond motifs is 1. The van der Waals surface area contributed by atoms with E-state index in [0.717, 1.165) is 21.8 Å². The van der Waals surface area contributed by atoms with E-state index in [1.54, 1.807) is 11.3 Å². The fourth-order valence-electron chi connectivity index (χ4n) is 3.25. The Hall–Kier alpha value is -2.77. The van der Waals surface area contributed by atoms with E-state index in [1.807, 2.05) is 30.3 Å². The van der Waals surface area contributed by atoms with Crippen molar-refractivity contribution in [3.05, 3.63) is 48.0 Å². The quantitative estimate of drug-likeness (QED) is 0.493. The summed E-state index contributed by atoms with van der Waals surface area (Å²) in [4.78, 5) is 29.1. The van der Waals surface area contributed by atoms with Gasteiger partial charge < -0.3 is 10.4 Å². The molecule has 7 heteroatoms. The monoisotopic (exact) mass is 395 g/mol. The van der Waals surface area contributed by atoms with Crippen molar-refractivity contribution < 1.29 is 14.7 Å². The third-order valence-electron chi connectivity index (χ3n) is 4.79. The molecule has 2 N–H and O–H groups in total. The predicted molar refractivity (Wildman–Crippen MR) is 110 cm³/mol. The number of nitrogens with one attached hydrogen (secondary N) is 1. The Bertz CT molecular complexity index is 1010. The second-order valence-electron chi connectivity index (χ2n) is 6.96. The maximum absolute atomic E-state index is 11.6. The zero-order chi connectivity index (χ0) is 19.7. The molecule has 0 radical (unpaired) electrons. The van der Waals surface area contributed by atoms with Crippen molar-refractivity contribution in [1.82, 2.24) is 9.88 Å². The van der Waals surface area contributed by atoms with Gasteiger partial charge >= 0.3 is 0 Å². The van der Waals surface area contributed by atoms with Crippen molar-refractivity contribution in [3.63, 3.8) is 0 Å². The third kappa shape index (κ3) is 3.90. The van der Waals surface area contributed by atoms with E-state index < -0.39 is 6.23 Å². The molecule has 6 nitrogen and oxygen atoms in total. The zero-order valence-electron chi connectivity index (χ0n) is 15.5. The highest BCUT2D eigenvalue weighted by Gasteiger charge is 2.28. The Morgan fingerprint density at radius 2 is 1.86 bits per heavy atom. The molecule has 1 aliphatic rings. The molecule has 144 valence electrons. The molecule has 0 aliphatic carbocycles. The maximum Gasteiger partial charge on any atom is 0.229 e. The summed E-state index contributed by atoms with van der Waals surface area (Å²) >= 11 is 1.66. The van der Waals surface area contributed by atoms with E-state index >= 15 is 0 Å². The summed E-state index contributed by atoms with van der Waals surface area (Å²) in [5.74, 6) is -0.319. The first-order valence-electron chi connectivity index (χ1n) is 9.25. The van der Waals surface area contributed by atoms with Crippen LogP contribution in [0.2, 0.25) is 0 Å². The lowest BCUT2D eigenvalue weighted by Gasteiger charge is -2.18. The molecule has 1 aromatic heterocycles. The van der Waals surface area contributed by atoms with Crippen molar-refractivity contribution in [1.29, 1.82) is 0 Å². The summed E-state index contributed by atoms with van der Waals surface area (Å²) < 4.78 is 1.17. The Morgan fingerprint density at radius 3 is 2.57 bits per heavy atom. The highest BCUT2D eigenvalue weighted by Crippen LogP contribution is 2.31. The van der Waals surface area contributed by atoms with Gasteiger partial charge in [0, 0.05) is 37.1 Å². The van der Waals surface area contributed by atoms with Crippen LogP contribution >= 0.6 is 11.3 Å². The molecule has 0 spiro atoms. The van der Waals surface area contributed by atoms with Gasteiger partial charge in [-0.05, 0) is 48.9 Å². The number of aliphatic hydroxyl groups excluding tert-OH is 1. The van der Waals surface area contributed by atoms with Gasteiger partial charge in [-0.1, -0.05) is 6.07 Å². The molecule has 2 heterocycles. The van der Waals surface area contributed by atoms with Crippen molar-refractivity contribution in [2.45, 2.75) is 32.4 Å². The molecule has 2 aromatic carbocycles. The van der Waals surface area contributed by atoms with Crippen LogP contribution in [-0.4, -0.2) is 39.6 Å². The van der Waals surface area contributed by atoms with Gasteiger partial charge in [-0.3, -0.25) is 14.5 Å². The highest BCUT2D eigenvalue weighted by molar-refractivity contribution is 7.21. The van der Waals surface area contributed by atoms with Crippen LogP contribution in [0.1, 0.15) is 24.8 Å². The van der Waals surface area contributed by atoms with Gasteiger partial charge in [-0.15, -0.1) is 11.3 Å². The van der Waals surface area contributed by atoms with Crippen LogP contribution in [-0.2, 0) is 9.59 Å². The van der Waals surface area contributed by atoms with Crippen LogP contribution in [0.4, 0.5) is 5.69 Å². The molecule has 1 saturated heterocycles. The van der Waals surface area contributed by atoms with Crippen LogP contribution in [0.3, 0.4) is 0 Å². The summed E-state index contributed by atoms with van der Waals surface area (Å²) in [5, 5.41) is 14.1. The molecular weight excluding hydrogens is 374 g/mol. The summed E-state index contributed by atoms with van der Waals surface area (Å²) in [6, 6.07) is 13.9. The Labute approximate surface area is 166 Å². The average molecular weight is 395 g/mol. The normalized spacial score (nSPS) is 15.4. The lowest BCUT2D eigenvalue weighted by atomic mass is 10.2. The van der Waals surface area contributed by atoms with Crippen molar-refractivity contribution in [3.8, 4) is 10.6 Å². The number of aryl methyl sites for hydroxylation is 1. The number of thiazole rings is 1. The number of likely N-dealkylation sites (tertiary alicyclic amines) is 1. The van der Waals surface area contributed by atoms with E-state index in [2.05, 4.69) is 29.4 Å². The highest BCUT2D eigenvalue weighted by atomic mass is 32.1. The number of rotatable bonds is 6. The first kappa shape index (κ1) is 18.6. The average Bonchev–Trinajstić information content (AvgIpc) is 3.23. The zero-order valence-corrected chi connectivity index (χ0v) is 16.3. The standard InChI is InChI=1S/C21H21N3O3S/c1-13-2-7-16-17(12-13)28-21(23-16)14-3-5-15(6-4-14)22-18(25)10-11-24-19(26)8-9-20(24)27/h2-7,12,18,22,25H,8-11H2,1H3. The summed E-state index contributed by atoms with van der Waals surface area (Å²) in [7, 11) is 0. The smallest absolute Gasteiger partial charge is 0.229 e. The van der Waals surface area contributed by atoms with Gasteiger partial charge in [0.1, 0.15) is 11.2 Å². The fraction of sp³-hybridized carbons (Fsp3) is 0.286. The van der Waals surface area contributed by atoms with E-state index in [1.165, 1.54) is 15.2 Å². The third-order valence-corrected chi connectivity index (χ3v) is 5.86. The number of carbonyl (C=O) groups excluding carboxylic acids is 2. The first-order chi connectivity index (χ1) is 13.5. The van der Waals surface area contributed by atoms with Crippen LogP contribution in [0.15, 0.2) is 42.5 Å². The summed E-state index contributed by atoms with van der Waals surface area (Å²) in [5.41, 5.74) is 4.00. The van der Waals surface area contributed by atoms with Crippen molar-refractivity contribution in [2.75, 3.05) is 11.9 Å². The minimum absolute atomic E-state index is 0.160. The lowest BCUT2D eigenvalue weighted by Crippen LogP contribution is -2.33. The number of imide groups is 1. The lowest BCUT2D eigenvalue weighted by molar-refractivity contribution is -0.138. The van der Waals surface area contributed by atoms with Crippen LogP contribution in [0.25, 0.3) is 20.8 Å². The number of hydrogen-bond acceptors (Lipinski definition) is 6. The van der Waals surface area contributed by atoms with Crippen LogP contribution in [0.5, 0.6) is 0 Å². The van der Waals surface area contributed by atoms with Gasteiger partial charge in [0.25, 0.3) is 0 Å². The van der Waals surface area contributed by atoms with Gasteiger partial charge in [-0.25, -0.2) is 4.98 Å². The number of aromatic nitrogens is 1. The minimum Gasteiger partial charge on any atom is -0.374 e. The number of aliphatic hydroxyl groups is 1. The predicted octanol–water partition coefficient (Wildman–Crippen LogP) is 3.54. The number of benzene rings is 2. The molecule has 3 aromatic rings. The topological polar surface area (TPSA) is 82.5 Å². The number of amides is 2. The molecule has 28 heavy (non-hydrogen) atoms.